The molecule has 0 heterocycles. The molecule has 0 N–H and O–H groups in total. The molecule has 0 spiro atoms. The van der Waals surface area contributed by atoms with Gasteiger partial charge >= 0.3 is 0 Å². The Hall–Kier alpha value is -2.80. The summed E-state index contributed by atoms with van der Waals surface area (Å²) in [5, 5.41) is 5.02. The van der Waals surface area contributed by atoms with Crippen molar-refractivity contribution >= 4 is 27.2 Å². The summed E-state index contributed by atoms with van der Waals surface area (Å²) in [5.74, 6) is 0. The van der Waals surface area contributed by atoms with Crippen molar-refractivity contribution in [2.75, 3.05) is 19.0 Å². The van der Waals surface area contributed by atoms with Gasteiger partial charge < -0.3 is 4.90 Å². The fraction of sp³-hybridized carbons (Fsp3) is 0.0909. The van der Waals surface area contributed by atoms with E-state index in [4.69, 9.17) is 0 Å². The molecule has 4 aromatic rings. The van der Waals surface area contributed by atoms with Crippen LogP contribution >= 0.6 is 0 Å². The van der Waals surface area contributed by atoms with Gasteiger partial charge in [0.25, 0.3) is 0 Å². The topological polar surface area (TPSA) is 3.24 Å². The Bertz CT molecular complexity index is 994. The predicted molar refractivity (Wildman–Crippen MR) is 100 cm³/mol. The van der Waals surface area contributed by atoms with Gasteiger partial charge in [-0.05, 0) is 33.7 Å². The van der Waals surface area contributed by atoms with E-state index in [1.165, 1.54) is 38.4 Å². The lowest BCUT2D eigenvalue weighted by Crippen LogP contribution is -2.10. The van der Waals surface area contributed by atoms with Crippen molar-refractivity contribution in [3.63, 3.8) is 0 Å². The summed E-state index contributed by atoms with van der Waals surface area (Å²) >= 11 is 0. The van der Waals surface area contributed by atoms with Crippen LogP contribution in [-0.2, 0) is 0 Å². The molecule has 0 aliphatic carbocycles. The molecule has 0 aliphatic heterocycles. The van der Waals surface area contributed by atoms with Gasteiger partial charge in [0.05, 0.1) is 0 Å². The average molecular weight is 296 g/mol. The van der Waals surface area contributed by atoms with Crippen LogP contribution in [0.1, 0.15) is 0 Å². The number of benzene rings is 4. The largest absolute Gasteiger partial charge is 0.377 e. The maximum Gasteiger partial charge on any atom is 0.0447 e. The van der Waals surface area contributed by atoms with E-state index >= 15 is 0 Å². The Kier molecular flexibility index (Phi) is 3.27. The molecule has 0 bridgehead atoms. The third kappa shape index (κ3) is 2.25. The summed E-state index contributed by atoms with van der Waals surface area (Å²) in [7, 11) is 4.19. The van der Waals surface area contributed by atoms with E-state index in [1.807, 2.05) is 6.07 Å². The molecular weight excluding hydrogens is 278 g/mol. The van der Waals surface area contributed by atoms with Gasteiger partial charge in [-0.1, -0.05) is 66.7 Å². The highest BCUT2D eigenvalue weighted by atomic mass is 15.1. The number of rotatable bonds is 2. The normalized spacial score (nSPS) is 11.0. The SMILES string of the molecule is CN(C)c1ccc2ccccc2c1-c1[c]ccc2ccccc12. The van der Waals surface area contributed by atoms with E-state index in [0.717, 1.165) is 0 Å². The molecule has 4 aromatic carbocycles. The van der Waals surface area contributed by atoms with Crippen molar-refractivity contribution in [3.05, 3.63) is 78.9 Å². The van der Waals surface area contributed by atoms with Gasteiger partial charge in [-0.2, -0.15) is 0 Å². The second-order valence-electron chi connectivity index (χ2n) is 6.02. The maximum absolute atomic E-state index is 3.49. The lowest BCUT2D eigenvalue weighted by Gasteiger charge is -2.20. The minimum absolute atomic E-state index is 1.17. The summed E-state index contributed by atoms with van der Waals surface area (Å²) in [6, 6.07) is 29.1. The minimum Gasteiger partial charge on any atom is -0.377 e. The van der Waals surface area contributed by atoms with Gasteiger partial charge in [0, 0.05) is 30.9 Å². The number of hydrogen-bond acceptors (Lipinski definition) is 1. The zero-order valence-corrected chi connectivity index (χ0v) is 13.4. The van der Waals surface area contributed by atoms with Crippen LogP contribution in [-0.4, -0.2) is 14.1 Å². The average Bonchev–Trinajstić information content (AvgIpc) is 2.60. The van der Waals surface area contributed by atoms with Gasteiger partial charge in [0.1, 0.15) is 0 Å². The Balaban J connectivity index is 2.17. The molecule has 1 radical (unpaired) electrons. The van der Waals surface area contributed by atoms with Crippen molar-refractivity contribution in [2.45, 2.75) is 0 Å². The van der Waals surface area contributed by atoms with Crippen LogP contribution in [0.4, 0.5) is 5.69 Å². The summed E-state index contributed by atoms with van der Waals surface area (Å²) in [6.45, 7) is 0. The molecule has 23 heavy (non-hydrogen) atoms. The van der Waals surface area contributed by atoms with Crippen LogP contribution in [0.25, 0.3) is 32.7 Å². The highest BCUT2D eigenvalue weighted by Crippen LogP contribution is 2.39. The summed E-state index contributed by atoms with van der Waals surface area (Å²) in [6.07, 6.45) is 0. The summed E-state index contributed by atoms with van der Waals surface area (Å²) < 4.78 is 0. The maximum atomic E-state index is 3.49. The highest BCUT2D eigenvalue weighted by Gasteiger charge is 2.13. The lowest BCUT2D eigenvalue weighted by molar-refractivity contribution is 1.14. The first-order valence-corrected chi connectivity index (χ1v) is 7.84. The van der Waals surface area contributed by atoms with Gasteiger partial charge in [-0.25, -0.2) is 0 Å². The predicted octanol–water partition coefficient (Wildman–Crippen LogP) is 5.53. The summed E-state index contributed by atoms with van der Waals surface area (Å²) in [4.78, 5) is 2.18. The van der Waals surface area contributed by atoms with Gasteiger partial charge in [0.2, 0.25) is 0 Å². The highest BCUT2D eigenvalue weighted by molar-refractivity contribution is 6.09. The Morgan fingerprint density at radius 2 is 1.35 bits per heavy atom. The first-order valence-electron chi connectivity index (χ1n) is 7.84. The van der Waals surface area contributed by atoms with Crippen LogP contribution in [0.15, 0.2) is 72.8 Å². The van der Waals surface area contributed by atoms with Crippen molar-refractivity contribution in [2.24, 2.45) is 0 Å². The lowest BCUT2D eigenvalue weighted by atomic mass is 9.92. The zero-order chi connectivity index (χ0) is 15.8. The monoisotopic (exact) mass is 296 g/mol. The minimum atomic E-state index is 1.17. The van der Waals surface area contributed by atoms with E-state index in [2.05, 4.69) is 91.8 Å². The fourth-order valence-corrected chi connectivity index (χ4v) is 3.26. The van der Waals surface area contributed by atoms with Gasteiger partial charge in [-0.3, -0.25) is 0 Å². The molecule has 1 heteroatoms. The van der Waals surface area contributed by atoms with Gasteiger partial charge in [0.15, 0.2) is 0 Å². The third-order valence-electron chi connectivity index (χ3n) is 4.36. The van der Waals surface area contributed by atoms with Crippen LogP contribution < -0.4 is 4.90 Å². The molecule has 0 saturated heterocycles. The quantitative estimate of drug-likeness (QED) is 0.470. The first kappa shape index (κ1) is 13.8. The molecule has 0 saturated carbocycles. The summed E-state index contributed by atoms with van der Waals surface area (Å²) in [5.41, 5.74) is 3.64. The van der Waals surface area contributed by atoms with Crippen LogP contribution in [0, 0.1) is 6.07 Å². The van der Waals surface area contributed by atoms with E-state index in [1.54, 1.807) is 0 Å². The van der Waals surface area contributed by atoms with Crippen molar-refractivity contribution in [1.82, 2.24) is 0 Å². The Morgan fingerprint density at radius 3 is 2.09 bits per heavy atom. The molecule has 0 amide bonds. The number of nitrogens with zero attached hydrogens (tertiary/aromatic N) is 1. The number of fused-ring (bicyclic) bond motifs is 2. The molecule has 0 unspecified atom stereocenters. The second kappa shape index (κ2) is 5.44. The van der Waals surface area contributed by atoms with Crippen LogP contribution in [0.2, 0.25) is 0 Å². The van der Waals surface area contributed by atoms with E-state index < -0.39 is 0 Å². The zero-order valence-electron chi connectivity index (χ0n) is 13.4. The van der Waals surface area contributed by atoms with Crippen LogP contribution in [0.5, 0.6) is 0 Å². The molecular formula is C22H18N. The number of anilines is 1. The van der Waals surface area contributed by atoms with E-state index in [0.29, 0.717) is 0 Å². The van der Waals surface area contributed by atoms with Crippen molar-refractivity contribution < 1.29 is 0 Å². The molecule has 0 atom stereocenters. The third-order valence-corrected chi connectivity index (χ3v) is 4.36. The molecule has 4 rings (SSSR count). The van der Waals surface area contributed by atoms with E-state index in [-0.39, 0.29) is 0 Å². The van der Waals surface area contributed by atoms with Gasteiger partial charge in [-0.15, -0.1) is 0 Å². The number of hydrogen-bond donors (Lipinski definition) is 0. The van der Waals surface area contributed by atoms with Crippen molar-refractivity contribution in [3.8, 4) is 11.1 Å². The molecule has 1 nitrogen and oxygen atoms in total. The molecule has 0 aromatic heterocycles. The smallest absolute Gasteiger partial charge is 0.0447 e. The Morgan fingerprint density at radius 1 is 0.696 bits per heavy atom. The molecule has 0 aliphatic rings. The molecule has 111 valence electrons. The van der Waals surface area contributed by atoms with Crippen molar-refractivity contribution in [1.29, 1.82) is 0 Å². The molecule has 0 fully saturated rings. The van der Waals surface area contributed by atoms with E-state index in [9.17, 15) is 0 Å². The Labute approximate surface area is 136 Å². The first-order chi connectivity index (χ1) is 11.3. The second-order valence-corrected chi connectivity index (χ2v) is 6.02. The fourth-order valence-electron chi connectivity index (χ4n) is 3.26. The standard InChI is InChI=1S/C22H18N/c1-23(2)21-15-14-17-9-4-6-12-19(17)22(21)20-13-7-10-16-8-3-5-11-18(16)20/h3-12,14-15H,1-2H3. The van der Waals surface area contributed by atoms with Crippen LogP contribution in [0.3, 0.4) is 0 Å².